The van der Waals surface area contributed by atoms with E-state index in [0.717, 1.165) is 22.6 Å². The molecule has 0 saturated heterocycles. The Balaban J connectivity index is 1.44. The van der Waals surface area contributed by atoms with E-state index in [1.807, 2.05) is 48.9 Å². The maximum atomic E-state index is 12.8. The van der Waals surface area contributed by atoms with Crippen LogP contribution in [0.4, 0.5) is 5.69 Å². The van der Waals surface area contributed by atoms with E-state index in [2.05, 4.69) is 15.0 Å². The molecule has 0 saturated carbocycles. The fourth-order valence-corrected chi connectivity index (χ4v) is 4.65. The van der Waals surface area contributed by atoms with Gasteiger partial charge in [-0.05, 0) is 61.9 Å². The Morgan fingerprint density at radius 1 is 1.00 bits per heavy atom. The number of hydrogen-bond donors (Lipinski definition) is 2. The SMILES string of the molecule is Cc1ccc(S(=O)(=O)Nc2ccc(Cl)c(C(=O)NCc3ccc(-n4ccnc4C)cc3)c2)cc1. The first-order valence-corrected chi connectivity index (χ1v) is 12.4. The van der Waals surface area contributed by atoms with E-state index >= 15 is 0 Å². The molecule has 1 aromatic heterocycles. The van der Waals surface area contributed by atoms with Gasteiger partial charge in [0.1, 0.15) is 5.82 Å². The molecule has 34 heavy (non-hydrogen) atoms. The summed E-state index contributed by atoms with van der Waals surface area (Å²) in [6.45, 7) is 4.09. The van der Waals surface area contributed by atoms with Gasteiger partial charge in [-0.3, -0.25) is 9.52 Å². The number of anilines is 1. The topological polar surface area (TPSA) is 93.1 Å². The number of nitrogens with one attached hydrogen (secondary N) is 2. The van der Waals surface area contributed by atoms with Crippen molar-refractivity contribution in [2.75, 3.05) is 4.72 Å². The van der Waals surface area contributed by atoms with Crippen LogP contribution in [0.15, 0.2) is 84.0 Å². The Kier molecular flexibility index (Phi) is 6.72. The second kappa shape index (κ2) is 9.70. The number of benzene rings is 3. The fourth-order valence-electron chi connectivity index (χ4n) is 3.40. The minimum Gasteiger partial charge on any atom is -0.348 e. The van der Waals surface area contributed by atoms with Gasteiger partial charge in [0.2, 0.25) is 0 Å². The van der Waals surface area contributed by atoms with Crippen molar-refractivity contribution in [3.63, 3.8) is 0 Å². The number of sulfonamides is 1. The summed E-state index contributed by atoms with van der Waals surface area (Å²) in [5.41, 5.74) is 3.26. The molecule has 0 aliphatic carbocycles. The summed E-state index contributed by atoms with van der Waals surface area (Å²) in [4.78, 5) is 17.1. The second-order valence-corrected chi connectivity index (χ2v) is 9.90. The van der Waals surface area contributed by atoms with Gasteiger partial charge in [-0.15, -0.1) is 0 Å². The lowest BCUT2D eigenvalue weighted by atomic mass is 10.1. The molecule has 3 aromatic carbocycles. The molecule has 0 bridgehead atoms. The van der Waals surface area contributed by atoms with Gasteiger partial charge in [0.05, 0.1) is 15.5 Å². The third kappa shape index (κ3) is 5.30. The average molecular weight is 495 g/mol. The van der Waals surface area contributed by atoms with Crippen LogP contribution < -0.4 is 10.0 Å². The maximum absolute atomic E-state index is 12.8. The summed E-state index contributed by atoms with van der Waals surface area (Å²) in [5, 5.41) is 3.05. The van der Waals surface area contributed by atoms with E-state index in [9.17, 15) is 13.2 Å². The molecule has 4 aromatic rings. The van der Waals surface area contributed by atoms with Crippen molar-refractivity contribution in [3.8, 4) is 5.69 Å². The fraction of sp³-hybridized carbons (Fsp3) is 0.120. The van der Waals surface area contributed by atoms with Crippen LogP contribution >= 0.6 is 11.6 Å². The Bertz CT molecular complexity index is 1430. The summed E-state index contributed by atoms with van der Waals surface area (Å²) in [5.74, 6) is 0.476. The molecule has 0 atom stereocenters. The van der Waals surface area contributed by atoms with E-state index in [0.29, 0.717) is 0 Å². The van der Waals surface area contributed by atoms with E-state index < -0.39 is 15.9 Å². The van der Waals surface area contributed by atoms with Crippen molar-refractivity contribution >= 4 is 33.2 Å². The summed E-state index contributed by atoms with van der Waals surface area (Å²) in [6.07, 6.45) is 3.62. The normalized spacial score (nSPS) is 11.3. The van der Waals surface area contributed by atoms with Crippen LogP contribution in [0.25, 0.3) is 5.69 Å². The third-order valence-electron chi connectivity index (χ3n) is 5.29. The number of aromatic nitrogens is 2. The van der Waals surface area contributed by atoms with Crippen LogP contribution in [0.2, 0.25) is 5.02 Å². The standard InChI is InChI=1S/C25H23ClN4O3S/c1-17-3-10-22(11-4-17)34(32,33)29-20-7-12-24(26)23(15-20)25(31)28-16-19-5-8-21(9-6-19)30-14-13-27-18(30)2/h3-15,29H,16H2,1-2H3,(H,28,31). The molecule has 0 aliphatic rings. The Morgan fingerprint density at radius 3 is 2.35 bits per heavy atom. The highest BCUT2D eigenvalue weighted by Crippen LogP contribution is 2.23. The lowest BCUT2D eigenvalue weighted by Crippen LogP contribution is -2.23. The van der Waals surface area contributed by atoms with Crippen molar-refractivity contribution in [1.29, 1.82) is 0 Å². The van der Waals surface area contributed by atoms with E-state index in [1.54, 1.807) is 18.3 Å². The minimum absolute atomic E-state index is 0.133. The van der Waals surface area contributed by atoms with Crippen molar-refractivity contribution in [3.05, 3.63) is 107 Å². The molecule has 174 valence electrons. The van der Waals surface area contributed by atoms with Gasteiger partial charge in [0, 0.05) is 30.3 Å². The van der Waals surface area contributed by atoms with Crippen molar-refractivity contribution in [1.82, 2.24) is 14.9 Å². The molecule has 7 nitrogen and oxygen atoms in total. The highest BCUT2D eigenvalue weighted by molar-refractivity contribution is 7.92. The summed E-state index contributed by atoms with van der Waals surface area (Å²) < 4.78 is 29.8. The Labute approximate surface area is 203 Å². The van der Waals surface area contributed by atoms with Gasteiger partial charge >= 0.3 is 0 Å². The zero-order valence-corrected chi connectivity index (χ0v) is 20.2. The summed E-state index contributed by atoms with van der Waals surface area (Å²) in [7, 11) is -3.80. The van der Waals surface area contributed by atoms with E-state index in [4.69, 9.17) is 11.6 Å². The first-order chi connectivity index (χ1) is 16.2. The lowest BCUT2D eigenvalue weighted by Gasteiger charge is -2.12. The smallest absolute Gasteiger partial charge is 0.261 e. The molecule has 0 unspecified atom stereocenters. The van der Waals surface area contributed by atoms with Crippen LogP contribution in [-0.2, 0) is 16.6 Å². The van der Waals surface area contributed by atoms with Crippen LogP contribution in [0.1, 0.15) is 27.3 Å². The number of hydrogen-bond acceptors (Lipinski definition) is 4. The minimum atomic E-state index is -3.80. The Hall–Kier alpha value is -3.62. The van der Waals surface area contributed by atoms with Crippen LogP contribution in [0.5, 0.6) is 0 Å². The number of amides is 1. The molecule has 0 spiro atoms. The highest BCUT2D eigenvalue weighted by Gasteiger charge is 2.17. The molecule has 0 fully saturated rings. The first-order valence-electron chi connectivity index (χ1n) is 10.5. The maximum Gasteiger partial charge on any atom is 0.261 e. The average Bonchev–Trinajstić information content (AvgIpc) is 3.25. The van der Waals surface area contributed by atoms with Gasteiger partial charge in [0.25, 0.3) is 15.9 Å². The van der Waals surface area contributed by atoms with E-state index in [-0.39, 0.29) is 27.7 Å². The zero-order valence-electron chi connectivity index (χ0n) is 18.6. The molecule has 1 amide bonds. The predicted octanol–water partition coefficient (Wildman–Crippen LogP) is 4.87. The van der Waals surface area contributed by atoms with Gasteiger partial charge in [0.15, 0.2) is 0 Å². The molecule has 2 N–H and O–H groups in total. The zero-order chi connectivity index (χ0) is 24.3. The van der Waals surface area contributed by atoms with Crippen molar-refractivity contribution < 1.29 is 13.2 Å². The van der Waals surface area contributed by atoms with Crippen LogP contribution in [0, 0.1) is 13.8 Å². The molecule has 4 rings (SSSR count). The van der Waals surface area contributed by atoms with Gasteiger partial charge in [-0.1, -0.05) is 41.4 Å². The number of halogens is 1. The number of carbonyl (C=O) groups is 1. The molecule has 0 radical (unpaired) electrons. The van der Waals surface area contributed by atoms with Gasteiger partial charge in [-0.2, -0.15) is 0 Å². The summed E-state index contributed by atoms with van der Waals surface area (Å²) in [6, 6.07) is 18.7. The molecular weight excluding hydrogens is 472 g/mol. The monoisotopic (exact) mass is 494 g/mol. The van der Waals surface area contributed by atoms with Crippen molar-refractivity contribution in [2.24, 2.45) is 0 Å². The number of rotatable bonds is 7. The third-order valence-corrected chi connectivity index (χ3v) is 7.01. The molecule has 1 heterocycles. The Morgan fingerprint density at radius 2 is 1.71 bits per heavy atom. The number of imidazole rings is 1. The van der Waals surface area contributed by atoms with Crippen molar-refractivity contribution in [2.45, 2.75) is 25.3 Å². The van der Waals surface area contributed by atoms with Crippen LogP contribution in [-0.4, -0.2) is 23.9 Å². The lowest BCUT2D eigenvalue weighted by molar-refractivity contribution is 0.0951. The number of aryl methyl sites for hydroxylation is 2. The van der Waals surface area contributed by atoms with Crippen LogP contribution in [0.3, 0.4) is 0 Å². The molecular formula is C25H23ClN4O3S. The van der Waals surface area contributed by atoms with Gasteiger partial charge in [-0.25, -0.2) is 13.4 Å². The molecule has 0 aliphatic heterocycles. The predicted molar refractivity (Wildman–Crippen MR) is 133 cm³/mol. The largest absolute Gasteiger partial charge is 0.348 e. The molecule has 9 heteroatoms. The number of nitrogens with zero attached hydrogens (tertiary/aromatic N) is 2. The van der Waals surface area contributed by atoms with Gasteiger partial charge < -0.3 is 9.88 Å². The quantitative estimate of drug-likeness (QED) is 0.383. The first kappa shape index (κ1) is 23.5. The number of carbonyl (C=O) groups excluding carboxylic acids is 1. The summed E-state index contributed by atoms with van der Waals surface area (Å²) >= 11 is 6.22. The second-order valence-electron chi connectivity index (χ2n) is 7.81. The highest BCUT2D eigenvalue weighted by atomic mass is 35.5. The van der Waals surface area contributed by atoms with E-state index in [1.165, 1.54) is 30.3 Å².